The van der Waals surface area contributed by atoms with Crippen molar-refractivity contribution in [2.45, 2.75) is 153 Å². The maximum Gasteiger partial charge on any atom is 0.00669 e. The predicted octanol–water partition coefficient (Wildman–Crippen LogP) is 10.1. The van der Waals surface area contributed by atoms with E-state index in [0.29, 0.717) is 17.5 Å². The van der Waals surface area contributed by atoms with E-state index in [9.17, 15) is 0 Å². The van der Waals surface area contributed by atoms with Gasteiger partial charge in [-0.05, 0) is 93.9 Å². The van der Waals surface area contributed by atoms with Gasteiger partial charge >= 0.3 is 0 Å². The number of hydrogen-bond donors (Lipinski definition) is 0. The van der Waals surface area contributed by atoms with E-state index in [2.05, 4.69) is 95.0 Å². The fraction of sp³-hybridized carbons (Fsp3) is 1.00. The minimum atomic E-state index is 0.420. The largest absolute Gasteiger partial charge is 0.301 e. The molecule has 0 saturated heterocycles. The quantitative estimate of drug-likeness (QED) is 0.200. The van der Waals surface area contributed by atoms with Crippen LogP contribution in [0.15, 0.2) is 0 Å². The molecule has 0 aliphatic carbocycles. The van der Waals surface area contributed by atoms with E-state index in [0.717, 1.165) is 35.5 Å². The van der Waals surface area contributed by atoms with Crippen molar-refractivity contribution in [2.24, 2.45) is 40.9 Å². The van der Waals surface area contributed by atoms with Gasteiger partial charge in [0.05, 0.1) is 0 Å². The summed E-state index contributed by atoms with van der Waals surface area (Å²) in [4.78, 5) is 2.59. The SMILES string of the molecule is CCC(C)N(C)C(C)CCC(C)(C)C(CC)C(C)CC(C)C(CCCC(C)C)CC(C)C. The van der Waals surface area contributed by atoms with Crippen molar-refractivity contribution in [3.8, 4) is 0 Å². The second kappa shape index (κ2) is 15.8. The first-order valence-electron chi connectivity index (χ1n) is 14.5. The molecule has 32 heavy (non-hydrogen) atoms. The van der Waals surface area contributed by atoms with Gasteiger partial charge in [-0.15, -0.1) is 0 Å². The van der Waals surface area contributed by atoms with Crippen LogP contribution in [0.4, 0.5) is 0 Å². The fourth-order valence-corrected chi connectivity index (χ4v) is 6.39. The lowest BCUT2D eigenvalue weighted by atomic mass is 9.65. The predicted molar refractivity (Wildman–Crippen MR) is 148 cm³/mol. The zero-order valence-electron chi connectivity index (χ0n) is 24.9. The monoisotopic (exact) mass is 452 g/mol. The lowest BCUT2D eigenvalue weighted by Crippen LogP contribution is -2.38. The molecular formula is C31H65N. The Morgan fingerprint density at radius 1 is 0.656 bits per heavy atom. The molecule has 0 aromatic heterocycles. The second-order valence-corrected chi connectivity index (χ2v) is 13.2. The Kier molecular flexibility index (Phi) is 15.8. The molecule has 0 aliphatic rings. The van der Waals surface area contributed by atoms with E-state index in [1.807, 2.05) is 0 Å². The Morgan fingerprint density at radius 2 is 1.25 bits per heavy atom. The third kappa shape index (κ3) is 11.9. The lowest BCUT2D eigenvalue weighted by Gasteiger charge is -2.41. The third-order valence-electron chi connectivity index (χ3n) is 9.00. The average Bonchev–Trinajstić information content (AvgIpc) is 2.69. The highest BCUT2D eigenvalue weighted by atomic mass is 15.1. The first kappa shape index (κ1) is 32.0. The maximum absolute atomic E-state index is 2.59. The zero-order chi connectivity index (χ0) is 25.1. The molecule has 0 bridgehead atoms. The van der Waals surface area contributed by atoms with Gasteiger partial charge in [-0.2, -0.15) is 0 Å². The highest BCUT2D eigenvalue weighted by Crippen LogP contribution is 2.43. The average molecular weight is 452 g/mol. The minimum Gasteiger partial charge on any atom is -0.301 e. The van der Waals surface area contributed by atoms with Crippen molar-refractivity contribution in [1.29, 1.82) is 0 Å². The molecule has 194 valence electrons. The van der Waals surface area contributed by atoms with Gasteiger partial charge in [-0.25, -0.2) is 0 Å². The van der Waals surface area contributed by atoms with Crippen molar-refractivity contribution in [1.82, 2.24) is 4.90 Å². The molecule has 0 aromatic carbocycles. The van der Waals surface area contributed by atoms with Gasteiger partial charge in [-0.3, -0.25) is 0 Å². The Hall–Kier alpha value is -0.0400. The number of hydrogen-bond acceptors (Lipinski definition) is 1. The Morgan fingerprint density at radius 3 is 1.72 bits per heavy atom. The van der Waals surface area contributed by atoms with Crippen LogP contribution in [0.25, 0.3) is 0 Å². The standard InChI is InChI=1S/C31H65N/c1-14-27(9)32(13)28(10)19-20-31(11,12)30(15-2)26(8)22-25(7)29(21-24(5)6)18-16-17-23(3)4/h23-30H,14-22H2,1-13H3. The highest BCUT2D eigenvalue weighted by molar-refractivity contribution is 4.85. The molecule has 6 unspecified atom stereocenters. The lowest BCUT2D eigenvalue weighted by molar-refractivity contribution is 0.0864. The Balaban J connectivity index is 5.03. The van der Waals surface area contributed by atoms with Crippen LogP contribution in [0.1, 0.15) is 141 Å². The summed E-state index contributed by atoms with van der Waals surface area (Å²) < 4.78 is 0. The van der Waals surface area contributed by atoms with Crippen LogP contribution < -0.4 is 0 Å². The summed E-state index contributed by atoms with van der Waals surface area (Å²) in [6.45, 7) is 29.4. The van der Waals surface area contributed by atoms with E-state index >= 15 is 0 Å². The Bertz CT molecular complexity index is 451. The van der Waals surface area contributed by atoms with Gasteiger partial charge in [-0.1, -0.05) is 94.9 Å². The summed E-state index contributed by atoms with van der Waals surface area (Å²) in [5.74, 6) is 5.05. The van der Waals surface area contributed by atoms with E-state index < -0.39 is 0 Å². The molecule has 1 nitrogen and oxygen atoms in total. The smallest absolute Gasteiger partial charge is 0.00669 e. The summed E-state index contributed by atoms with van der Waals surface area (Å²) in [5.41, 5.74) is 0.420. The van der Waals surface area contributed by atoms with E-state index in [-0.39, 0.29) is 0 Å². The molecule has 1 heteroatoms. The van der Waals surface area contributed by atoms with Crippen LogP contribution in [-0.4, -0.2) is 24.0 Å². The molecule has 0 spiro atoms. The molecular weight excluding hydrogens is 386 g/mol. The van der Waals surface area contributed by atoms with Gasteiger partial charge in [0.15, 0.2) is 0 Å². The molecule has 0 N–H and O–H groups in total. The molecule has 0 aromatic rings. The second-order valence-electron chi connectivity index (χ2n) is 13.2. The van der Waals surface area contributed by atoms with Gasteiger partial charge in [0, 0.05) is 12.1 Å². The summed E-state index contributed by atoms with van der Waals surface area (Å²) in [7, 11) is 2.32. The summed E-state index contributed by atoms with van der Waals surface area (Å²) in [6, 6.07) is 1.36. The van der Waals surface area contributed by atoms with Crippen molar-refractivity contribution in [3.05, 3.63) is 0 Å². The zero-order valence-corrected chi connectivity index (χ0v) is 24.9. The van der Waals surface area contributed by atoms with Crippen molar-refractivity contribution >= 4 is 0 Å². The fourth-order valence-electron chi connectivity index (χ4n) is 6.39. The van der Waals surface area contributed by atoms with Crippen LogP contribution in [-0.2, 0) is 0 Å². The van der Waals surface area contributed by atoms with E-state index in [1.165, 1.54) is 57.8 Å². The van der Waals surface area contributed by atoms with E-state index in [4.69, 9.17) is 0 Å². The van der Waals surface area contributed by atoms with Crippen molar-refractivity contribution in [2.75, 3.05) is 7.05 Å². The summed E-state index contributed by atoms with van der Waals surface area (Å²) in [6.07, 6.45) is 12.3. The topological polar surface area (TPSA) is 3.24 Å². The van der Waals surface area contributed by atoms with Crippen molar-refractivity contribution in [3.63, 3.8) is 0 Å². The first-order chi connectivity index (χ1) is 14.8. The van der Waals surface area contributed by atoms with Crippen molar-refractivity contribution < 1.29 is 0 Å². The Labute approximate surface area is 205 Å². The molecule has 0 aliphatic heterocycles. The normalized spacial score (nSPS) is 18.8. The van der Waals surface area contributed by atoms with Crippen LogP contribution >= 0.6 is 0 Å². The molecule has 0 rings (SSSR count). The van der Waals surface area contributed by atoms with E-state index in [1.54, 1.807) is 0 Å². The highest BCUT2D eigenvalue weighted by Gasteiger charge is 2.34. The molecule has 6 atom stereocenters. The number of nitrogens with zero attached hydrogens (tertiary/aromatic N) is 1. The maximum atomic E-state index is 2.59. The van der Waals surface area contributed by atoms with Crippen LogP contribution in [0.3, 0.4) is 0 Å². The molecule has 0 fully saturated rings. The molecule has 0 heterocycles. The first-order valence-corrected chi connectivity index (χ1v) is 14.5. The summed E-state index contributed by atoms with van der Waals surface area (Å²) in [5, 5.41) is 0. The van der Waals surface area contributed by atoms with Crippen LogP contribution in [0.5, 0.6) is 0 Å². The third-order valence-corrected chi connectivity index (χ3v) is 9.00. The molecule has 0 radical (unpaired) electrons. The van der Waals surface area contributed by atoms with Gasteiger partial charge < -0.3 is 4.90 Å². The van der Waals surface area contributed by atoms with Crippen LogP contribution in [0, 0.1) is 40.9 Å². The number of rotatable bonds is 18. The van der Waals surface area contributed by atoms with Gasteiger partial charge in [0.2, 0.25) is 0 Å². The molecule has 0 saturated carbocycles. The molecule has 0 amide bonds. The van der Waals surface area contributed by atoms with Crippen LogP contribution in [0.2, 0.25) is 0 Å². The van der Waals surface area contributed by atoms with Gasteiger partial charge in [0.25, 0.3) is 0 Å². The summed E-state index contributed by atoms with van der Waals surface area (Å²) >= 11 is 0. The minimum absolute atomic E-state index is 0.420. The van der Waals surface area contributed by atoms with Gasteiger partial charge in [0.1, 0.15) is 0 Å².